The molecule has 25 heavy (non-hydrogen) atoms. The molecule has 132 valence electrons. The summed E-state index contributed by atoms with van der Waals surface area (Å²) >= 11 is 11.9. The molecule has 3 rings (SSSR count). The van der Waals surface area contributed by atoms with Crippen LogP contribution in [0, 0.1) is 0 Å². The number of carboxylic acid groups (broad SMARTS) is 1. The summed E-state index contributed by atoms with van der Waals surface area (Å²) in [5.74, 6) is -0.987. The molecule has 1 heterocycles. The van der Waals surface area contributed by atoms with Gasteiger partial charge in [0, 0.05) is 28.5 Å². The number of carboxylic acids is 1. The van der Waals surface area contributed by atoms with Gasteiger partial charge >= 0.3 is 5.97 Å². The van der Waals surface area contributed by atoms with Gasteiger partial charge in [0.1, 0.15) is 11.8 Å². The van der Waals surface area contributed by atoms with Crippen molar-refractivity contribution in [3.8, 4) is 0 Å². The standard InChI is InChI=1S/C17H16Cl2N2O4/c18-10-5-9(6-11(19)8-10)7-13(17(23)24)20-16(22)15-12-3-1-2-4-14(12)25-21-15/h5-6,8,13H,1-4,7H2,(H,20,22)(H,23,24). The summed E-state index contributed by atoms with van der Waals surface area (Å²) in [6.07, 6.45) is 3.47. The molecule has 0 spiro atoms. The summed E-state index contributed by atoms with van der Waals surface area (Å²) in [4.78, 5) is 24.0. The normalized spacial score (nSPS) is 14.6. The summed E-state index contributed by atoms with van der Waals surface area (Å²) in [7, 11) is 0. The molecule has 1 aromatic carbocycles. The summed E-state index contributed by atoms with van der Waals surface area (Å²) in [6, 6.07) is 3.67. The van der Waals surface area contributed by atoms with Crippen LogP contribution >= 0.6 is 23.2 Å². The third-order valence-electron chi connectivity index (χ3n) is 4.13. The van der Waals surface area contributed by atoms with Gasteiger partial charge in [-0.05, 0) is 43.0 Å². The predicted molar refractivity (Wildman–Crippen MR) is 92.2 cm³/mol. The van der Waals surface area contributed by atoms with E-state index in [4.69, 9.17) is 27.7 Å². The minimum atomic E-state index is -1.15. The van der Waals surface area contributed by atoms with Crippen LogP contribution in [-0.4, -0.2) is 28.2 Å². The topological polar surface area (TPSA) is 92.4 Å². The summed E-state index contributed by atoms with van der Waals surface area (Å²) in [5.41, 5.74) is 1.57. The molecule has 1 unspecified atom stereocenters. The van der Waals surface area contributed by atoms with E-state index in [2.05, 4.69) is 10.5 Å². The Morgan fingerprint density at radius 2 is 1.88 bits per heavy atom. The van der Waals surface area contributed by atoms with Crippen LogP contribution in [-0.2, 0) is 24.1 Å². The SMILES string of the molecule is O=C(NC(Cc1cc(Cl)cc(Cl)c1)C(=O)O)c1noc2c1CCCC2. The number of rotatable bonds is 5. The molecule has 2 aromatic rings. The van der Waals surface area contributed by atoms with Gasteiger partial charge in [-0.3, -0.25) is 4.79 Å². The van der Waals surface area contributed by atoms with Gasteiger partial charge in [-0.1, -0.05) is 28.4 Å². The molecule has 0 saturated carbocycles. The zero-order valence-electron chi connectivity index (χ0n) is 13.2. The number of carbonyl (C=O) groups is 2. The summed E-state index contributed by atoms with van der Waals surface area (Å²) in [5, 5.41) is 16.6. The number of fused-ring (bicyclic) bond motifs is 1. The Kier molecular flexibility index (Phi) is 5.30. The van der Waals surface area contributed by atoms with E-state index in [1.54, 1.807) is 18.2 Å². The number of aromatic nitrogens is 1. The first kappa shape index (κ1) is 17.8. The minimum Gasteiger partial charge on any atom is -0.480 e. The van der Waals surface area contributed by atoms with Gasteiger partial charge in [0.05, 0.1) is 0 Å². The van der Waals surface area contributed by atoms with E-state index >= 15 is 0 Å². The lowest BCUT2D eigenvalue weighted by molar-refractivity contribution is -0.139. The summed E-state index contributed by atoms with van der Waals surface area (Å²) in [6.45, 7) is 0. The quantitative estimate of drug-likeness (QED) is 0.827. The Morgan fingerprint density at radius 3 is 2.56 bits per heavy atom. The highest BCUT2D eigenvalue weighted by molar-refractivity contribution is 6.34. The lowest BCUT2D eigenvalue weighted by atomic mass is 9.96. The van der Waals surface area contributed by atoms with Gasteiger partial charge in [0.2, 0.25) is 0 Å². The number of hydrogen-bond acceptors (Lipinski definition) is 4. The molecule has 1 aliphatic rings. The van der Waals surface area contributed by atoms with Crippen molar-refractivity contribution < 1.29 is 19.2 Å². The Hall–Kier alpha value is -2.05. The highest BCUT2D eigenvalue weighted by atomic mass is 35.5. The van der Waals surface area contributed by atoms with E-state index in [1.807, 2.05) is 0 Å². The lowest BCUT2D eigenvalue weighted by Gasteiger charge is -2.15. The van der Waals surface area contributed by atoms with Crippen molar-refractivity contribution in [3.05, 3.63) is 50.8 Å². The van der Waals surface area contributed by atoms with Crippen LogP contribution < -0.4 is 5.32 Å². The van der Waals surface area contributed by atoms with Gasteiger partial charge in [-0.15, -0.1) is 0 Å². The van der Waals surface area contributed by atoms with Gasteiger partial charge in [0.15, 0.2) is 5.69 Å². The monoisotopic (exact) mass is 382 g/mol. The van der Waals surface area contributed by atoms with Crippen molar-refractivity contribution in [2.24, 2.45) is 0 Å². The minimum absolute atomic E-state index is 0.0569. The van der Waals surface area contributed by atoms with Gasteiger partial charge in [-0.2, -0.15) is 0 Å². The average Bonchev–Trinajstić information content (AvgIpc) is 2.97. The second kappa shape index (κ2) is 7.45. The van der Waals surface area contributed by atoms with Crippen LogP contribution in [0.3, 0.4) is 0 Å². The first-order valence-electron chi connectivity index (χ1n) is 7.90. The first-order chi connectivity index (χ1) is 11.9. The Labute approximate surface area is 154 Å². The van der Waals surface area contributed by atoms with Gasteiger partial charge in [0.25, 0.3) is 5.91 Å². The zero-order valence-corrected chi connectivity index (χ0v) is 14.7. The van der Waals surface area contributed by atoms with Crippen LogP contribution in [0.25, 0.3) is 0 Å². The molecule has 0 saturated heterocycles. The highest BCUT2D eigenvalue weighted by Gasteiger charge is 2.27. The fraction of sp³-hybridized carbons (Fsp3) is 0.353. The zero-order chi connectivity index (χ0) is 18.0. The summed E-state index contributed by atoms with van der Waals surface area (Å²) < 4.78 is 5.21. The van der Waals surface area contributed by atoms with Gasteiger partial charge in [-0.25, -0.2) is 4.79 Å². The van der Waals surface area contributed by atoms with Crippen LogP contribution in [0.4, 0.5) is 0 Å². The molecule has 1 atom stereocenters. The van der Waals surface area contributed by atoms with E-state index in [1.165, 1.54) is 0 Å². The molecule has 2 N–H and O–H groups in total. The maximum Gasteiger partial charge on any atom is 0.326 e. The molecule has 1 aliphatic carbocycles. The maximum atomic E-state index is 12.5. The average molecular weight is 383 g/mol. The number of nitrogens with one attached hydrogen (secondary N) is 1. The second-order valence-corrected chi connectivity index (χ2v) is 6.86. The van der Waals surface area contributed by atoms with E-state index in [-0.39, 0.29) is 12.1 Å². The fourth-order valence-corrected chi connectivity index (χ4v) is 3.53. The number of carbonyl (C=O) groups excluding carboxylic acids is 1. The van der Waals surface area contributed by atoms with Crippen molar-refractivity contribution in [2.45, 2.75) is 38.1 Å². The predicted octanol–water partition coefficient (Wildman–Crippen LogP) is 3.29. The van der Waals surface area contributed by atoms with Crippen molar-refractivity contribution in [3.63, 3.8) is 0 Å². The molecule has 8 heteroatoms. The fourth-order valence-electron chi connectivity index (χ4n) is 2.95. The molecule has 6 nitrogen and oxygen atoms in total. The van der Waals surface area contributed by atoms with Crippen LogP contribution in [0.5, 0.6) is 0 Å². The molecule has 0 fully saturated rings. The second-order valence-electron chi connectivity index (χ2n) is 5.99. The number of amides is 1. The van der Waals surface area contributed by atoms with E-state index in [9.17, 15) is 14.7 Å². The molecule has 1 amide bonds. The van der Waals surface area contributed by atoms with E-state index < -0.39 is 17.9 Å². The molecular formula is C17H16Cl2N2O4. The number of benzene rings is 1. The Morgan fingerprint density at radius 1 is 1.20 bits per heavy atom. The lowest BCUT2D eigenvalue weighted by Crippen LogP contribution is -2.42. The van der Waals surface area contributed by atoms with Crippen molar-refractivity contribution in [1.29, 1.82) is 0 Å². The van der Waals surface area contributed by atoms with E-state index in [0.717, 1.165) is 24.8 Å². The highest BCUT2D eigenvalue weighted by Crippen LogP contribution is 2.24. The number of nitrogens with zero attached hydrogens (tertiary/aromatic N) is 1. The molecule has 0 bridgehead atoms. The van der Waals surface area contributed by atoms with E-state index in [0.29, 0.717) is 27.8 Å². The molecule has 1 aromatic heterocycles. The van der Waals surface area contributed by atoms with Crippen molar-refractivity contribution in [2.75, 3.05) is 0 Å². The van der Waals surface area contributed by atoms with Crippen LogP contribution in [0.15, 0.2) is 22.7 Å². The van der Waals surface area contributed by atoms with Crippen LogP contribution in [0.1, 0.15) is 40.2 Å². The Bertz CT molecular complexity index is 799. The van der Waals surface area contributed by atoms with Crippen LogP contribution in [0.2, 0.25) is 10.0 Å². The maximum absolute atomic E-state index is 12.5. The number of halogens is 2. The van der Waals surface area contributed by atoms with Crippen molar-refractivity contribution in [1.82, 2.24) is 10.5 Å². The largest absolute Gasteiger partial charge is 0.480 e. The Balaban J connectivity index is 1.76. The number of aliphatic carboxylic acids is 1. The number of hydrogen-bond donors (Lipinski definition) is 2. The molecule has 0 aliphatic heterocycles. The molecular weight excluding hydrogens is 367 g/mol. The molecule has 0 radical (unpaired) electrons. The van der Waals surface area contributed by atoms with Crippen molar-refractivity contribution >= 4 is 35.1 Å². The van der Waals surface area contributed by atoms with Gasteiger partial charge < -0.3 is 14.9 Å². The first-order valence-corrected chi connectivity index (χ1v) is 8.65. The third-order valence-corrected chi connectivity index (χ3v) is 4.57. The third kappa shape index (κ3) is 4.14. The number of aryl methyl sites for hydroxylation is 1. The smallest absolute Gasteiger partial charge is 0.326 e.